The van der Waals surface area contributed by atoms with Crippen LogP contribution < -0.4 is 5.32 Å². The molecule has 0 saturated heterocycles. The average Bonchev–Trinajstić information content (AvgIpc) is 2.72. The number of aromatic nitrogens is 1. The molecule has 90 valence electrons. The van der Waals surface area contributed by atoms with Crippen LogP contribution in [0.2, 0.25) is 0 Å². The topological polar surface area (TPSA) is 71.5 Å². The van der Waals surface area contributed by atoms with Gasteiger partial charge in [-0.05, 0) is 6.42 Å². The highest BCUT2D eigenvalue weighted by atomic mass is 32.1. The van der Waals surface area contributed by atoms with Gasteiger partial charge >= 0.3 is 5.97 Å². The largest absolute Gasteiger partial charge is 0.477 e. The molecule has 0 fully saturated rings. The quantitative estimate of drug-likeness (QED) is 0.685. The van der Waals surface area contributed by atoms with Crippen LogP contribution in [0.25, 0.3) is 0 Å². The second-order valence-electron chi connectivity index (χ2n) is 3.23. The molecule has 0 atom stereocenters. The van der Waals surface area contributed by atoms with Crippen LogP contribution in [0.15, 0.2) is 6.20 Å². The van der Waals surface area contributed by atoms with Crippen molar-refractivity contribution >= 4 is 22.4 Å². The zero-order valence-corrected chi connectivity index (χ0v) is 10.0. The summed E-state index contributed by atoms with van der Waals surface area (Å²) in [5.74, 6) is -0.940. The second kappa shape index (κ2) is 7.19. The molecule has 1 rings (SSSR count). The Labute approximate surface area is 98.5 Å². The Morgan fingerprint density at radius 2 is 2.44 bits per heavy atom. The predicted octanol–water partition coefficient (Wildman–Crippen LogP) is 2.07. The van der Waals surface area contributed by atoms with Crippen LogP contribution in [0.5, 0.6) is 0 Å². The summed E-state index contributed by atoms with van der Waals surface area (Å²) in [5, 5.41) is 12.3. The SMILES string of the molecule is CCCCOCCNc1ncc(C(=O)O)s1. The highest BCUT2D eigenvalue weighted by molar-refractivity contribution is 7.17. The van der Waals surface area contributed by atoms with Crippen molar-refractivity contribution in [3.05, 3.63) is 11.1 Å². The van der Waals surface area contributed by atoms with Gasteiger partial charge in [0.05, 0.1) is 12.8 Å². The number of thiazole rings is 1. The third-order valence-corrected chi connectivity index (χ3v) is 2.82. The number of hydrogen-bond donors (Lipinski definition) is 2. The van der Waals surface area contributed by atoms with Crippen molar-refractivity contribution < 1.29 is 14.6 Å². The number of anilines is 1. The van der Waals surface area contributed by atoms with Crippen LogP contribution in [0.3, 0.4) is 0 Å². The van der Waals surface area contributed by atoms with Gasteiger partial charge in [-0.25, -0.2) is 9.78 Å². The summed E-state index contributed by atoms with van der Waals surface area (Å²) in [4.78, 5) is 14.8. The van der Waals surface area contributed by atoms with E-state index in [9.17, 15) is 4.79 Å². The molecule has 1 aromatic heterocycles. The van der Waals surface area contributed by atoms with Gasteiger partial charge in [0.2, 0.25) is 0 Å². The third-order valence-electron chi connectivity index (χ3n) is 1.88. The first kappa shape index (κ1) is 12.9. The van der Waals surface area contributed by atoms with E-state index >= 15 is 0 Å². The minimum atomic E-state index is -0.940. The fourth-order valence-electron chi connectivity index (χ4n) is 1.03. The number of carboxylic acids is 1. The summed E-state index contributed by atoms with van der Waals surface area (Å²) in [5.41, 5.74) is 0. The molecule has 5 nitrogen and oxygen atoms in total. The summed E-state index contributed by atoms with van der Waals surface area (Å²) in [6.07, 6.45) is 3.55. The monoisotopic (exact) mass is 244 g/mol. The molecule has 0 saturated carbocycles. The Morgan fingerprint density at radius 1 is 1.62 bits per heavy atom. The van der Waals surface area contributed by atoms with Gasteiger partial charge in [-0.2, -0.15) is 0 Å². The van der Waals surface area contributed by atoms with Crippen LogP contribution in [-0.4, -0.2) is 35.8 Å². The van der Waals surface area contributed by atoms with E-state index in [0.29, 0.717) is 18.3 Å². The molecule has 1 heterocycles. The standard InChI is InChI=1S/C10H16N2O3S/c1-2-3-5-15-6-4-11-10-12-7-8(16-10)9(13)14/h7H,2-6H2,1H3,(H,11,12)(H,13,14). The van der Waals surface area contributed by atoms with E-state index in [2.05, 4.69) is 17.2 Å². The van der Waals surface area contributed by atoms with Gasteiger partial charge in [0.1, 0.15) is 4.88 Å². The first-order chi connectivity index (χ1) is 7.74. The Hall–Kier alpha value is -1.14. The number of aromatic carboxylic acids is 1. The van der Waals surface area contributed by atoms with Gasteiger partial charge in [0, 0.05) is 13.2 Å². The minimum Gasteiger partial charge on any atom is -0.477 e. The van der Waals surface area contributed by atoms with Gasteiger partial charge in [-0.1, -0.05) is 24.7 Å². The minimum absolute atomic E-state index is 0.245. The maximum atomic E-state index is 10.6. The van der Waals surface area contributed by atoms with Crippen molar-refractivity contribution in [2.24, 2.45) is 0 Å². The molecule has 0 unspecified atom stereocenters. The van der Waals surface area contributed by atoms with Crippen molar-refractivity contribution in [3.8, 4) is 0 Å². The summed E-state index contributed by atoms with van der Waals surface area (Å²) in [7, 11) is 0. The lowest BCUT2D eigenvalue weighted by Crippen LogP contribution is -2.09. The van der Waals surface area contributed by atoms with Gasteiger partial charge in [0.25, 0.3) is 0 Å². The fourth-order valence-corrected chi connectivity index (χ4v) is 1.71. The predicted molar refractivity (Wildman–Crippen MR) is 63.3 cm³/mol. The van der Waals surface area contributed by atoms with E-state index in [1.54, 1.807) is 0 Å². The number of rotatable bonds is 8. The summed E-state index contributed by atoms with van der Waals surface area (Å²) in [6, 6.07) is 0. The van der Waals surface area contributed by atoms with Gasteiger partial charge in [0.15, 0.2) is 5.13 Å². The number of nitrogens with one attached hydrogen (secondary N) is 1. The molecule has 0 aliphatic rings. The smallest absolute Gasteiger partial charge is 0.347 e. The molecule has 0 bridgehead atoms. The summed E-state index contributed by atoms with van der Waals surface area (Å²) in [6.45, 7) is 4.15. The van der Waals surface area contributed by atoms with E-state index in [0.717, 1.165) is 30.8 Å². The van der Waals surface area contributed by atoms with E-state index in [1.807, 2.05) is 0 Å². The molecule has 0 aromatic carbocycles. The molecule has 0 aliphatic carbocycles. The average molecular weight is 244 g/mol. The molecular weight excluding hydrogens is 228 g/mol. The van der Waals surface area contributed by atoms with Crippen molar-refractivity contribution in [1.82, 2.24) is 4.98 Å². The molecule has 0 amide bonds. The maximum absolute atomic E-state index is 10.6. The lowest BCUT2D eigenvalue weighted by Gasteiger charge is -2.03. The molecule has 0 aliphatic heterocycles. The molecule has 2 N–H and O–H groups in total. The highest BCUT2D eigenvalue weighted by Crippen LogP contribution is 2.17. The van der Waals surface area contributed by atoms with Crippen LogP contribution in [-0.2, 0) is 4.74 Å². The van der Waals surface area contributed by atoms with Gasteiger partial charge < -0.3 is 15.2 Å². The van der Waals surface area contributed by atoms with Gasteiger partial charge in [-0.15, -0.1) is 0 Å². The third kappa shape index (κ3) is 4.59. The van der Waals surface area contributed by atoms with Crippen molar-refractivity contribution in [1.29, 1.82) is 0 Å². The van der Waals surface area contributed by atoms with Crippen molar-refractivity contribution in [2.75, 3.05) is 25.1 Å². The molecule has 16 heavy (non-hydrogen) atoms. The summed E-state index contributed by atoms with van der Waals surface area (Å²) >= 11 is 1.13. The van der Waals surface area contributed by atoms with Crippen molar-refractivity contribution in [2.45, 2.75) is 19.8 Å². The number of carboxylic acid groups (broad SMARTS) is 1. The molecule has 0 spiro atoms. The number of ether oxygens (including phenoxy) is 1. The fraction of sp³-hybridized carbons (Fsp3) is 0.600. The Bertz CT molecular complexity index is 328. The lowest BCUT2D eigenvalue weighted by atomic mass is 10.4. The molecule has 1 aromatic rings. The van der Waals surface area contributed by atoms with E-state index in [-0.39, 0.29) is 4.88 Å². The van der Waals surface area contributed by atoms with Crippen LogP contribution in [0.1, 0.15) is 29.4 Å². The zero-order chi connectivity index (χ0) is 11.8. The number of nitrogens with zero attached hydrogens (tertiary/aromatic N) is 1. The maximum Gasteiger partial charge on any atom is 0.347 e. The Balaban J connectivity index is 2.14. The van der Waals surface area contributed by atoms with Crippen LogP contribution >= 0.6 is 11.3 Å². The number of unbranched alkanes of at least 4 members (excludes halogenated alkanes) is 1. The highest BCUT2D eigenvalue weighted by Gasteiger charge is 2.07. The Morgan fingerprint density at radius 3 is 3.06 bits per heavy atom. The first-order valence-electron chi connectivity index (χ1n) is 5.24. The van der Waals surface area contributed by atoms with E-state index < -0.39 is 5.97 Å². The lowest BCUT2D eigenvalue weighted by molar-refractivity contribution is 0.0702. The number of carbonyl (C=O) groups is 1. The molecule has 0 radical (unpaired) electrons. The van der Waals surface area contributed by atoms with Crippen molar-refractivity contribution in [3.63, 3.8) is 0 Å². The van der Waals surface area contributed by atoms with E-state index in [4.69, 9.17) is 9.84 Å². The molecule has 6 heteroatoms. The first-order valence-corrected chi connectivity index (χ1v) is 6.06. The van der Waals surface area contributed by atoms with Crippen LogP contribution in [0, 0.1) is 0 Å². The number of hydrogen-bond acceptors (Lipinski definition) is 5. The van der Waals surface area contributed by atoms with Gasteiger partial charge in [-0.3, -0.25) is 0 Å². The van der Waals surface area contributed by atoms with E-state index in [1.165, 1.54) is 6.20 Å². The Kier molecular flexibility index (Phi) is 5.81. The molecular formula is C10H16N2O3S. The van der Waals surface area contributed by atoms with Crippen LogP contribution in [0.4, 0.5) is 5.13 Å². The second-order valence-corrected chi connectivity index (χ2v) is 4.26. The zero-order valence-electron chi connectivity index (χ0n) is 9.23. The normalized spacial score (nSPS) is 10.3. The summed E-state index contributed by atoms with van der Waals surface area (Å²) < 4.78 is 5.35.